The highest BCUT2D eigenvalue weighted by molar-refractivity contribution is 6.32. The van der Waals surface area contributed by atoms with Crippen LogP contribution in [0.1, 0.15) is 18.9 Å². The van der Waals surface area contributed by atoms with Gasteiger partial charge < -0.3 is 14.8 Å². The van der Waals surface area contributed by atoms with Crippen molar-refractivity contribution >= 4 is 11.6 Å². The molecule has 20 heavy (non-hydrogen) atoms. The second-order valence-corrected chi connectivity index (χ2v) is 5.23. The van der Waals surface area contributed by atoms with Crippen molar-refractivity contribution in [1.82, 2.24) is 5.32 Å². The molecule has 1 saturated heterocycles. The molecule has 1 N–H and O–H groups in total. The molecular formula is C15H19ClN2O2. The molecule has 5 heteroatoms. The molecule has 0 unspecified atom stereocenters. The number of halogens is 1. The second kappa shape index (κ2) is 7.49. The van der Waals surface area contributed by atoms with Gasteiger partial charge in [-0.15, -0.1) is 0 Å². The van der Waals surface area contributed by atoms with Crippen molar-refractivity contribution in [2.75, 3.05) is 26.3 Å². The normalized spacial score (nSPS) is 19.6. The van der Waals surface area contributed by atoms with Crippen LogP contribution >= 0.6 is 11.6 Å². The van der Waals surface area contributed by atoms with Gasteiger partial charge in [0, 0.05) is 19.1 Å². The van der Waals surface area contributed by atoms with E-state index in [1.54, 1.807) is 18.2 Å². The SMILES string of the molecule is CCOC[C@@H](Oc1ccc(C#N)cc1Cl)[C@@H]1CCNC1. The van der Waals surface area contributed by atoms with Gasteiger partial charge in [0.25, 0.3) is 0 Å². The summed E-state index contributed by atoms with van der Waals surface area (Å²) in [7, 11) is 0. The number of nitrogens with one attached hydrogen (secondary N) is 1. The standard InChI is InChI=1S/C15H19ClN2O2/c1-2-19-10-15(12-5-6-18-9-12)20-14-4-3-11(8-17)7-13(14)16/h3-4,7,12,15,18H,2,5-6,9-10H2,1H3/t12-,15-/m1/s1. The molecule has 4 nitrogen and oxygen atoms in total. The van der Waals surface area contributed by atoms with Gasteiger partial charge in [-0.25, -0.2) is 0 Å². The monoisotopic (exact) mass is 294 g/mol. The van der Waals surface area contributed by atoms with Gasteiger partial charge in [0.05, 0.1) is 23.3 Å². The molecule has 0 amide bonds. The minimum Gasteiger partial charge on any atom is -0.486 e. The average molecular weight is 295 g/mol. The highest BCUT2D eigenvalue weighted by Gasteiger charge is 2.27. The Morgan fingerprint density at radius 1 is 1.55 bits per heavy atom. The van der Waals surface area contributed by atoms with E-state index in [2.05, 4.69) is 11.4 Å². The fraction of sp³-hybridized carbons (Fsp3) is 0.533. The lowest BCUT2D eigenvalue weighted by molar-refractivity contribution is 0.0292. The molecular weight excluding hydrogens is 276 g/mol. The van der Waals surface area contributed by atoms with E-state index in [-0.39, 0.29) is 6.10 Å². The Morgan fingerprint density at radius 3 is 3.00 bits per heavy atom. The van der Waals surface area contributed by atoms with Crippen molar-refractivity contribution in [2.24, 2.45) is 5.92 Å². The van der Waals surface area contributed by atoms with Crippen LogP contribution in [-0.4, -0.2) is 32.4 Å². The molecule has 108 valence electrons. The average Bonchev–Trinajstić information content (AvgIpc) is 2.99. The summed E-state index contributed by atoms with van der Waals surface area (Å²) in [5.41, 5.74) is 0.534. The highest BCUT2D eigenvalue weighted by atomic mass is 35.5. The first kappa shape index (κ1) is 15.1. The van der Waals surface area contributed by atoms with Crippen molar-refractivity contribution in [3.05, 3.63) is 28.8 Å². The van der Waals surface area contributed by atoms with Crippen molar-refractivity contribution in [1.29, 1.82) is 5.26 Å². The molecule has 0 spiro atoms. The Balaban J connectivity index is 2.08. The maximum Gasteiger partial charge on any atom is 0.138 e. The number of nitriles is 1. The van der Waals surface area contributed by atoms with Crippen molar-refractivity contribution in [3.8, 4) is 11.8 Å². The van der Waals surface area contributed by atoms with E-state index in [4.69, 9.17) is 26.3 Å². The molecule has 0 saturated carbocycles. The van der Waals surface area contributed by atoms with E-state index in [0.717, 1.165) is 19.5 Å². The molecule has 2 atom stereocenters. The van der Waals surface area contributed by atoms with Gasteiger partial charge in [-0.05, 0) is 38.1 Å². The first-order valence-electron chi connectivity index (χ1n) is 6.89. The Bertz CT molecular complexity index is 481. The third-order valence-corrected chi connectivity index (χ3v) is 3.75. The summed E-state index contributed by atoms with van der Waals surface area (Å²) in [5.74, 6) is 1.04. The van der Waals surface area contributed by atoms with Crippen molar-refractivity contribution in [2.45, 2.75) is 19.4 Å². The van der Waals surface area contributed by atoms with Crippen LogP contribution in [0.15, 0.2) is 18.2 Å². The number of rotatable bonds is 6. The third-order valence-electron chi connectivity index (χ3n) is 3.45. The maximum absolute atomic E-state index is 8.85. The summed E-state index contributed by atoms with van der Waals surface area (Å²) < 4.78 is 11.5. The fourth-order valence-corrected chi connectivity index (χ4v) is 2.55. The molecule has 1 fully saturated rings. The van der Waals surface area contributed by atoms with E-state index in [0.29, 0.717) is 35.5 Å². The van der Waals surface area contributed by atoms with Crippen LogP contribution in [-0.2, 0) is 4.74 Å². The summed E-state index contributed by atoms with van der Waals surface area (Å²) in [4.78, 5) is 0. The zero-order valence-corrected chi connectivity index (χ0v) is 12.3. The molecule has 1 heterocycles. The smallest absolute Gasteiger partial charge is 0.138 e. The second-order valence-electron chi connectivity index (χ2n) is 4.83. The molecule has 0 radical (unpaired) electrons. The highest BCUT2D eigenvalue weighted by Crippen LogP contribution is 2.28. The molecule has 1 aromatic carbocycles. The molecule has 2 rings (SSSR count). The quantitative estimate of drug-likeness (QED) is 0.876. The van der Waals surface area contributed by atoms with E-state index in [1.807, 2.05) is 6.92 Å². The van der Waals surface area contributed by atoms with Crippen LogP contribution in [0.2, 0.25) is 5.02 Å². The van der Waals surface area contributed by atoms with Gasteiger partial charge in [0.2, 0.25) is 0 Å². The Kier molecular flexibility index (Phi) is 5.66. The molecule has 0 bridgehead atoms. The number of hydrogen-bond acceptors (Lipinski definition) is 4. The van der Waals surface area contributed by atoms with Gasteiger partial charge in [-0.1, -0.05) is 11.6 Å². The predicted octanol–water partition coefficient (Wildman–Crippen LogP) is 2.61. The summed E-state index contributed by atoms with van der Waals surface area (Å²) in [6, 6.07) is 7.16. The number of hydrogen-bond donors (Lipinski definition) is 1. The van der Waals surface area contributed by atoms with Crippen LogP contribution in [0.3, 0.4) is 0 Å². The Morgan fingerprint density at radius 2 is 2.40 bits per heavy atom. The molecule has 1 aromatic rings. The lowest BCUT2D eigenvalue weighted by Gasteiger charge is -2.24. The number of nitrogens with zero attached hydrogens (tertiary/aromatic N) is 1. The van der Waals surface area contributed by atoms with E-state index in [1.165, 1.54) is 0 Å². The Labute approximate surface area is 124 Å². The molecule has 0 aromatic heterocycles. The zero-order chi connectivity index (χ0) is 14.4. The van der Waals surface area contributed by atoms with Crippen LogP contribution in [0.5, 0.6) is 5.75 Å². The summed E-state index contributed by atoms with van der Waals surface area (Å²) in [6.45, 7) is 5.14. The summed E-state index contributed by atoms with van der Waals surface area (Å²) in [5, 5.41) is 12.7. The molecule has 0 aliphatic carbocycles. The molecule has 1 aliphatic heterocycles. The predicted molar refractivity (Wildman–Crippen MR) is 78.1 cm³/mol. The van der Waals surface area contributed by atoms with Crippen LogP contribution < -0.4 is 10.1 Å². The lowest BCUT2D eigenvalue weighted by atomic mass is 10.0. The topological polar surface area (TPSA) is 54.3 Å². The van der Waals surface area contributed by atoms with Gasteiger partial charge >= 0.3 is 0 Å². The number of benzene rings is 1. The first-order chi connectivity index (χ1) is 9.74. The maximum atomic E-state index is 8.85. The van der Waals surface area contributed by atoms with Crippen LogP contribution in [0.4, 0.5) is 0 Å². The summed E-state index contributed by atoms with van der Waals surface area (Å²) >= 11 is 6.16. The van der Waals surface area contributed by atoms with Crippen molar-refractivity contribution in [3.63, 3.8) is 0 Å². The largest absolute Gasteiger partial charge is 0.486 e. The van der Waals surface area contributed by atoms with Crippen LogP contribution in [0.25, 0.3) is 0 Å². The zero-order valence-electron chi connectivity index (χ0n) is 11.6. The first-order valence-corrected chi connectivity index (χ1v) is 7.27. The minimum absolute atomic E-state index is 0.0182. The lowest BCUT2D eigenvalue weighted by Crippen LogP contribution is -2.33. The van der Waals surface area contributed by atoms with E-state index >= 15 is 0 Å². The number of ether oxygens (including phenoxy) is 2. The van der Waals surface area contributed by atoms with Crippen molar-refractivity contribution < 1.29 is 9.47 Å². The third kappa shape index (κ3) is 3.86. The molecule has 1 aliphatic rings. The van der Waals surface area contributed by atoms with Gasteiger partial charge in [0.15, 0.2) is 0 Å². The van der Waals surface area contributed by atoms with Gasteiger partial charge in [-0.2, -0.15) is 5.26 Å². The fourth-order valence-electron chi connectivity index (χ4n) is 2.32. The van der Waals surface area contributed by atoms with Crippen LogP contribution in [0, 0.1) is 17.2 Å². The van der Waals surface area contributed by atoms with E-state index < -0.39 is 0 Å². The van der Waals surface area contributed by atoms with Gasteiger partial charge in [-0.3, -0.25) is 0 Å². The minimum atomic E-state index is -0.0182. The van der Waals surface area contributed by atoms with Gasteiger partial charge in [0.1, 0.15) is 11.9 Å². The summed E-state index contributed by atoms with van der Waals surface area (Å²) in [6.07, 6.45) is 1.06. The van der Waals surface area contributed by atoms with E-state index in [9.17, 15) is 0 Å². The Hall–Kier alpha value is -1.28.